The summed E-state index contributed by atoms with van der Waals surface area (Å²) in [4.78, 5) is 0. The summed E-state index contributed by atoms with van der Waals surface area (Å²) in [7, 11) is 0. The van der Waals surface area contributed by atoms with E-state index in [0.717, 1.165) is 55.0 Å². The fraction of sp³-hybridized carbons (Fsp3) is 0. The second kappa shape index (κ2) is 11.2. The minimum atomic E-state index is 0.840. The van der Waals surface area contributed by atoms with Crippen molar-refractivity contribution in [3.05, 3.63) is 182 Å². The summed E-state index contributed by atoms with van der Waals surface area (Å²) >= 11 is 0. The molecule has 2 aromatic heterocycles. The van der Waals surface area contributed by atoms with E-state index in [-0.39, 0.29) is 0 Å². The van der Waals surface area contributed by atoms with Crippen LogP contribution in [0.3, 0.4) is 0 Å². The van der Waals surface area contributed by atoms with Gasteiger partial charge in [-0.3, -0.25) is 0 Å². The fourth-order valence-corrected chi connectivity index (χ4v) is 8.99. The van der Waals surface area contributed by atoms with Gasteiger partial charge in [-0.1, -0.05) is 140 Å². The molecule has 0 bridgehead atoms. The molecule has 0 amide bonds. The van der Waals surface area contributed by atoms with E-state index in [1.165, 1.54) is 65.3 Å². The highest BCUT2D eigenvalue weighted by Gasteiger charge is 2.20. The van der Waals surface area contributed by atoms with Crippen LogP contribution in [0.25, 0.3) is 120 Å². The molecule has 0 N–H and O–H groups in total. The van der Waals surface area contributed by atoms with Gasteiger partial charge >= 0.3 is 0 Å². The van der Waals surface area contributed by atoms with Crippen LogP contribution in [0.4, 0.5) is 0 Å². The first-order valence-corrected chi connectivity index (χ1v) is 18.5. The van der Waals surface area contributed by atoms with Crippen LogP contribution in [0.5, 0.6) is 0 Å². The molecule has 2 heteroatoms. The molecule has 0 fully saturated rings. The second-order valence-corrected chi connectivity index (χ2v) is 14.4. The number of fused-ring (bicyclic) bond motifs is 12. The maximum atomic E-state index is 6.67. The molecule has 250 valence electrons. The van der Waals surface area contributed by atoms with Crippen LogP contribution in [0, 0.1) is 0 Å². The van der Waals surface area contributed by atoms with Gasteiger partial charge in [-0.2, -0.15) is 0 Å². The first kappa shape index (κ1) is 29.4. The van der Waals surface area contributed by atoms with Crippen molar-refractivity contribution in [1.82, 2.24) is 0 Å². The maximum absolute atomic E-state index is 6.67. The lowest BCUT2D eigenvalue weighted by Crippen LogP contribution is -1.91. The Kier molecular flexibility index (Phi) is 6.09. The molecule has 2 heterocycles. The molecule has 0 aliphatic carbocycles. The maximum Gasteiger partial charge on any atom is 0.147 e. The Bertz CT molecular complexity index is 3450. The molecule has 2 nitrogen and oxygen atoms in total. The summed E-state index contributed by atoms with van der Waals surface area (Å²) in [5.74, 6) is 0. The van der Waals surface area contributed by atoms with Crippen LogP contribution in [0.2, 0.25) is 0 Å². The number of benzene rings is 10. The zero-order chi connectivity index (χ0) is 35.3. The molecule has 10 aromatic carbocycles. The third-order valence-corrected chi connectivity index (χ3v) is 11.4. The smallest absolute Gasteiger partial charge is 0.147 e. The van der Waals surface area contributed by atoms with Gasteiger partial charge in [0.25, 0.3) is 0 Å². The molecule has 0 saturated heterocycles. The van der Waals surface area contributed by atoms with Crippen molar-refractivity contribution in [2.75, 3.05) is 0 Å². The normalized spacial score (nSPS) is 12.1. The van der Waals surface area contributed by atoms with E-state index in [1.54, 1.807) is 0 Å². The molecule has 0 saturated carbocycles. The van der Waals surface area contributed by atoms with E-state index in [9.17, 15) is 0 Å². The van der Waals surface area contributed by atoms with Gasteiger partial charge < -0.3 is 8.83 Å². The third kappa shape index (κ3) is 4.22. The Morgan fingerprint density at radius 2 is 0.796 bits per heavy atom. The minimum absolute atomic E-state index is 0.840. The highest BCUT2D eigenvalue weighted by atomic mass is 16.3. The molecule has 0 aliphatic heterocycles. The van der Waals surface area contributed by atoms with Crippen molar-refractivity contribution in [2.24, 2.45) is 0 Å². The number of hydrogen-bond acceptors (Lipinski definition) is 2. The van der Waals surface area contributed by atoms with Gasteiger partial charge in [0.05, 0.1) is 5.39 Å². The predicted octanol–water partition coefficient (Wildman–Crippen LogP) is 15.1. The van der Waals surface area contributed by atoms with Gasteiger partial charge in [-0.25, -0.2) is 0 Å². The number of rotatable bonds is 3. The molecule has 0 atom stereocenters. The number of furan rings is 2. The van der Waals surface area contributed by atoms with Crippen molar-refractivity contribution >= 4 is 87.0 Å². The van der Waals surface area contributed by atoms with E-state index in [4.69, 9.17) is 8.83 Å². The predicted molar refractivity (Wildman–Crippen MR) is 227 cm³/mol. The Labute approximate surface area is 310 Å². The lowest BCUT2D eigenvalue weighted by molar-refractivity contribution is 0.663. The summed E-state index contributed by atoms with van der Waals surface area (Å²) in [5, 5.41) is 14.2. The van der Waals surface area contributed by atoms with Crippen LogP contribution in [-0.2, 0) is 0 Å². The molecular weight excluding hydrogens is 657 g/mol. The molecule has 0 aliphatic rings. The lowest BCUT2D eigenvalue weighted by atomic mass is 9.85. The lowest BCUT2D eigenvalue weighted by Gasteiger charge is -2.18. The largest absolute Gasteiger partial charge is 0.456 e. The molecular formula is C52H30O2. The fourth-order valence-electron chi connectivity index (χ4n) is 8.99. The molecule has 54 heavy (non-hydrogen) atoms. The van der Waals surface area contributed by atoms with E-state index in [1.807, 2.05) is 0 Å². The van der Waals surface area contributed by atoms with E-state index in [2.05, 4.69) is 182 Å². The van der Waals surface area contributed by atoms with Gasteiger partial charge in [0.2, 0.25) is 0 Å². The summed E-state index contributed by atoms with van der Waals surface area (Å²) in [6.07, 6.45) is 0. The SMILES string of the molecule is c1cc(-c2ccc3oc4c(ccc5oc6ccc7ccccc7c6c54)c3c2)cc(-c2c3ccccc3c(-c3ccc4ccccc4c3)c3ccccc23)c1. The molecule has 0 unspecified atom stereocenters. The second-order valence-electron chi connectivity index (χ2n) is 14.4. The summed E-state index contributed by atoms with van der Waals surface area (Å²) in [5.41, 5.74) is 10.7. The van der Waals surface area contributed by atoms with Crippen molar-refractivity contribution in [1.29, 1.82) is 0 Å². The average Bonchev–Trinajstić information content (AvgIpc) is 3.81. The highest BCUT2D eigenvalue weighted by Crippen LogP contribution is 2.46. The Morgan fingerprint density at radius 1 is 0.259 bits per heavy atom. The Morgan fingerprint density at radius 3 is 1.56 bits per heavy atom. The van der Waals surface area contributed by atoms with Gasteiger partial charge in [0, 0.05) is 16.2 Å². The monoisotopic (exact) mass is 686 g/mol. The Balaban J connectivity index is 1.05. The van der Waals surface area contributed by atoms with Crippen LogP contribution in [0.15, 0.2) is 191 Å². The summed E-state index contributed by atoms with van der Waals surface area (Å²) in [6, 6.07) is 65.7. The van der Waals surface area contributed by atoms with E-state index >= 15 is 0 Å². The number of hydrogen-bond donors (Lipinski definition) is 0. The molecule has 12 rings (SSSR count). The minimum Gasteiger partial charge on any atom is -0.456 e. The zero-order valence-electron chi connectivity index (χ0n) is 29.1. The van der Waals surface area contributed by atoms with E-state index in [0.29, 0.717) is 0 Å². The van der Waals surface area contributed by atoms with Crippen LogP contribution < -0.4 is 0 Å². The molecule has 0 radical (unpaired) electrons. The quantitative estimate of drug-likeness (QED) is 0.173. The van der Waals surface area contributed by atoms with E-state index < -0.39 is 0 Å². The third-order valence-electron chi connectivity index (χ3n) is 11.4. The summed E-state index contributed by atoms with van der Waals surface area (Å²) in [6.45, 7) is 0. The van der Waals surface area contributed by atoms with Crippen LogP contribution >= 0.6 is 0 Å². The van der Waals surface area contributed by atoms with Gasteiger partial charge in [0.1, 0.15) is 22.3 Å². The van der Waals surface area contributed by atoms with Crippen molar-refractivity contribution < 1.29 is 8.83 Å². The first-order chi connectivity index (χ1) is 26.8. The highest BCUT2D eigenvalue weighted by molar-refractivity contribution is 6.28. The molecule has 0 spiro atoms. The van der Waals surface area contributed by atoms with Crippen molar-refractivity contribution in [2.45, 2.75) is 0 Å². The molecule has 12 aromatic rings. The van der Waals surface area contributed by atoms with Crippen LogP contribution in [0.1, 0.15) is 0 Å². The topological polar surface area (TPSA) is 26.3 Å². The van der Waals surface area contributed by atoms with Gasteiger partial charge in [-0.05, 0) is 119 Å². The first-order valence-electron chi connectivity index (χ1n) is 18.5. The average molecular weight is 687 g/mol. The zero-order valence-corrected chi connectivity index (χ0v) is 29.1. The van der Waals surface area contributed by atoms with Crippen molar-refractivity contribution in [3.8, 4) is 33.4 Å². The van der Waals surface area contributed by atoms with Crippen LogP contribution in [-0.4, -0.2) is 0 Å². The van der Waals surface area contributed by atoms with Gasteiger partial charge in [0.15, 0.2) is 0 Å². The van der Waals surface area contributed by atoms with Gasteiger partial charge in [-0.15, -0.1) is 0 Å². The summed E-state index contributed by atoms with van der Waals surface area (Å²) < 4.78 is 13.0. The Hall–Kier alpha value is -7.16. The van der Waals surface area contributed by atoms with Crippen molar-refractivity contribution in [3.63, 3.8) is 0 Å². The standard InChI is InChI=1S/C52H30O2/c1-2-12-33-28-37(21-20-31(33)10-1)49-41-18-7-5-16-39(41)48(40-17-6-8-19-42(40)49)36-14-9-13-34(29-36)35-23-25-45-44(30-35)43-24-27-47-51(52(43)54-45)50-38-15-4-3-11-32(38)22-26-46(50)53-47/h1-30H.